The smallest absolute Gasteiger partial charge is 0.263 e. The van der Waals surface area contributed by atoms with Crippen LogP contribution >= 0.6 is 0 Å². The number of anilines is 1. The summed E-state index contributed by atoms with van der Waals surface area (Å²) in [5, 5.41) is 2.82. The molecule has 0 saturated heterocycles. The van der Waals surface area contributed by atoms with Crippen molar-refractivity contribution in [2.24, 2.45) is 0 Å². The van der Waals surface area contributed by atoms with Gasteiger partial charge in [0.1, 0.15) is 5.75 Å². The van der Waals surface area contributed by atoms with Gasteiger partial charge in [0.15, 0.2) is 6.10 Å². The SMILES string of the molecule is Cc1ccc(CNC(=O)[C@@H]2CN(S(C)(=O)=O)c3cc(C)ccc3O2)cc1. The van der Waals surface area contributed by atoms with Gasteiger partial charge in [0.25, 0.3) is 5.91 Å². The number of amides is 1. The number of fused-ring (bicyclic) bond motifs is 1. The van der Waals surface area contributed by atoms with Crippen LogP contribution in [0.4, 0.5) is 5.69 Å². The molecule has 1 heterocycles. The molecule has 1 aliphatic heterocycles. The van der Waals surface area contributed by atoms with Crippen molar-refractivity contribution in [1.29, 1.82) is 0 Å². The fourth-order valence-corrected chi connectivity index (χ4v) is 3.73. The van der Waals surface area contributed by atoms with Gasteiger partial charge in [-0.3, -0.25) is 9.10 Å². The van der Waals surface area contributed by atoms with Crippen molar-refractivity contribution in [2.45, 2.75) is 26.5 Å². The summed E-state index contributed by atoms with van der Waals surface area (Å²) in [5.41, 5.74) is 3.50. The minimum Gasteiger partial charge on any atom is -0.476 e. The number of hydrogen-bond acceptors (Lipinski definition) is 4. The average molecular weight is 374 g/mol. The van der Waals surface area contributed by atoms with E-state index in [0.29, 0.717) is 18.0 Å². The van der Waals surface area contributed by atoms with Gasteiger partial charge in [0, 0.05) is 6.54 Å². The molecule has 3 rings (SSSR count). The third-order valence-electron chi connectivity index (χ3n) is 4.26. The number of carbonyl (C=O) groups excluding carboxylic acids is 1. The van der Waals surface area contributed by atoms with Crippen LogP contribution in [0.3, 0.4) is 0 Å². The van der Waals surface area contributed by atoms with E-state index in [0.717, 1.165) is 22.9 Å². The predicted molar refractivity (Wildman–Crippen MR) is 101 cm³/mol. The molecule has 0 bridgehead atoms. The van der Waals surface area contributed by atoms with Crippen molar-refractivity contribution in [2.75, 3.05) is 17.1 Å². The fourth-order valence-electron chi connectivity index (χ4n) is 2.82. The zero-order chi connectivity index (χ0) is 18.9. The standard InChI is InChI=1S/C19H22N2O4S/c1-13-4-7-15(8-5-13)11-20-19(22)18-12-21(26(3,23)24)16-10-14(2)6-9-17(16)25-18/h4-10,18H,11-12H2,1-3H3,(H,20,22)/t18-/m0/s1. The van der Waals surface area contributed by atoms with Crippen molar-refractivity contribution in [1.82, 2.24) is 5.32 Å². The second-order valence-electron chi connectivity index (χ2n) is 6.58. The molecule has 26 heavy (non-hydrogen) atoms. The van der Waals surface area contributed by atoms with E-state index in [2.05, 4.69) is 5.32 Å². The molecule has 1 amide bonds. The fraction of sp³-hybridized carbons (Fsp3) is 0.316. The molecule has 2 aromatic carbocycles. The molecule has 1 aliphatic rings. The summed E-state index contributed by atoms with van der Waals surface area (Å²) >= 11 is 0. The molecule has 0 unspecified atom stereocenters. The largest absolute Gasteiger partial charge is 0.476 e. The molecular formula is C19H22N2O4S. The van der Waals surface area contributed by atoms with Gasteiger partial charge in [0.2, 0.25) is 10.0 Å². The van der Waals surface area contributed by atoms with E-state index >= 15 is 0 Å². The van der Waals surface area contributed by atoms with Crippen LogP contribution < -0.4 is 14.4 Å². The van der Waals surface area contributed by atoms with Gasteiger partial charge in [-0.05, 0) is 37.1 Å². The Labute approximate surface area is 153 Å². The molecule has 0 saturated carbocycles. The normalized spacial score (nSPS) is 16.6. The summed E-state index contributed by atoms with van der Waals surface area (Å²) in [4.78, 5) is 12.5. The topological polar surface area (TPSA) is 75.7 Å². The summed E-state index contributed by atoms with van der Waals surface area (Å²) < 4.78 is 31.4. The molecular weight excluding hydrogens is 352 g/mol. The summed E-state index contributed by atoms with van der Waals surface area (Å²) in [6.07, 6.45) is 0.233. The van der Waals surface area contributed by atoms with Crippen LogP contribution in [-0.2, 0) is 21.4 Å². The van der Waals surface area contributed by atoms with Crippen molar-refractivity contribution < 1.29 is 17.9 Å². The minimum atomic E-state index is -3.52. The van der Waals surface area contributed by atoms with Crippen LogP contribution in [-0.4, -0.2) is 33.2 Å². The Balaban J connectivity index is 1.77. The Bertz CT molecular complexity index is 923. The van der Waals surface area contributed by atoms with Gasteiger partial charge in [-0.25, -0.2) is 8.42 Å². The van der Waals surface area contributed by atoms with Gasteiger partial charge in [0.05, 0.1) is 18.5 Å². The molecule has 0 fully saturated rings. The number of rotatable bonds is 4. The Morgan fingerprint density at radius 1 is 1.15 bits per heavy atom. The molecule has 1 N–H and O–H groups in total. The third kappa shape index (κ3) is 3.99. The second-order valence-corrected chi connectivity index (χ2v) is 8.48. The minimum absolute atomic E-state index is 0.0466. The molecule has 0 aliphatic carbocycles. The molecule has 0 spiro atoms. The summed E-state index contributed by atoms with van der Waals surface area (Å²) in [5.74, 6) is 0.0493. The second kappa shape index (κ2) is 6.99. The first-order valence-corrected chi connectivity index (χ1v) is 10.2. The lowest BCUT2D eigenvalue weighted by Gasteiger charge is -2.34. The van der Waals surface area contributed by atoms with Gasteiger partial charge in [-0.2, -0.15) is 0 Å². The molecule has 6 nitrogen and oxygen atoms in total. The zero-order valence-electron chi connectivity index (χ0n) is 15.0. The Morgan fingerprint density at radius 2 is 1.81 bits per heavy atom. The van der Waals surface area contributed by atoms with Crippen LogP contribution in [0, 0.1) is 13.8 Å². The zero-order valence-corrected chi connectivity index (χ0v) is 15.8. The van der Waals surface area contributed by atoms with Crippen molar-refractivity contribution in [3.63, 3.8) is 0 Å². The van der Waals surface area contributed by atoms with Crippen molar-refractivity contribution in [3.05, 3.63) is 59.2 Å². The van der Waals surface area contributed by atoms with E-state index in [1.807, 2.05) is 44.2 Å². The quantitative estimate of drug-likeness (QED) is 0.890. The average Bonchev–Trinajstić information content (AvgIpc) is 2.59. The van der Waals surface area contributed by atoms with E-state index in [1.54, 1.807) is 12.1 Å². The van der Waals surface area contributed by atoms with Crippen LogP contribution in [0.25, 0.3) is 0 Å². The highest BCUT2D eigenvalue weighted by Gasteiger charge is 2.34. The molecule has 0 radical (unpaired) electrons. The van der Waals surface area contributed by atoms with Crippen molar-refractivity contribution in [3.8, 4) is 5.75 Å². The van der Waals surface area contributed by atoms with Crippen LogP contribution in [0.2, 0.25) is 0 Å². The first kappa shape index (κ1) is 18.3. The maximum absolute atomic E-state index is 12.5. The first-order chi connectivity index (χ1) is 12.2. The number of sulfonamides is 1. The Kier molecular flexibility index (Phi) is 4.91. The van der Waals surface area contributed by atoms with E-state index in [9.17, 15) is 13.2 Å². The summed E-state index contributed by atoms with van der Waals surface area (Å²) in [6, 6.07) is 13.1. The van der Waals surface area contributed by atoms with Gasteiger partial charge < -0.3 is 10.1 Å². The van der Waals surface area contributed by atoms with Gasteiger partial charge >= 0.3 is 0 Å². The predicted octanol–water partition coefficient (Wildman–Crippen LogP) is 2.15. The molecule has 138 valence electrons. The van der Waals surface area contributed by atoms with E-state index in [-0.39, 0.29) is 12.5 Å². The highest BCUT2D eigenvalue weighted by atomic mass is 32.2. The lowest BCUT2D eigenvalue weighted by atomic mass is 10.1. The maximum atomic E-state index is 12.5. The number of ether oxygens (including phenoxy) is 1. The number of aryl methyl sites for hydroxylation is 2. The number of carbonyl (C=O) groups is 1. The van der Waals surface area contributed by atoms with Crippen molar-refractivity contribution >= 4 is 21.6 Å². The maximum Gasteiger partial charge on any atom is 0.263 e. The number of nitrogens with one attached hydrogen (secondary N) is 1. The summed E-state index contributed by atoms with van der Waals surface area (Å²) in [6.45, 7) is 4.19. The molecule has 1 atom stereocenters. The number of benzene rings is 2. The molecule has 2 aromatic rings. The lowest BCUT2D eigenvalue weighted by Crippen LogP contribution is -2.50. The lowest BCUT2D eigenvalue weighted by molar-refractivity contribution is -0.127. The van der Waals surface area contributed by atoms with Crippen LogP contribution in [0.1, 0.15) is 16.7 Å². The van der Waals surface area contributed by atoms with Gasteiger partial charge in [-0.15, -0.1) is 0 Å². The van der Waals surface area contributed by atoms with Crippen LogP contribution in [0.15, 0.2) is 42.5 Å². The highest BCUT2D eigenvalue weighted by Crippen LogP contribution is 2.35. The highest BCUT2D eigenvalue weighted by molar-refractivity contribution is 7.92. The summed E-state index contributed by atoms with van der Waals surface area (Å²) in [7, 11) is -3.52. The number of nitrogens with zero attached hydrogens (tertiary/aromatic N) is 1. The monoisotopic (exact) mass is 374 g/mol. The van der Waals surface area contributed by atoms with E-state index in [1.165, 1.54) is 4.31 Å². The van der Waals surface area contributed by atoms with E-state index < -0.39 is 16.1 Å². The molecule has 0 aromatic heterocycles. The first-order valence-electron chi connectivity index (χ1n) is 8.32. The van der Waals surface area contributed by atoms with Crippen LogP contribution in [0.5, 0.6) is 5.75 Å². The molecule has 7 heteroatoms. The van der Waals surface area contributed by atoms with Gasteiger partial charge in [-0.1, -0.05) is 35.9 Å². The Hall–Kier alpha value is -2.54. The Morgan fingerprint density at radius 3 is 2.46 bits per heavy atom. The third-order valence-corrected chi connectivity index (χ3v) is 5.41. The van der Waals surface area contributed by atoms with E-state index in [4.69, 9.17) is 4.74 Å². The number of hydrogen-bond donors (Lipinski definition) is 1.